The Labute approximate surface area is 125 Å². The fourth-order valence-electron chi connectivity index (χ4n) is 1.48. The monoisotopic (exact) mass is 302 g/mol. The molecule has 2 amide bonds. The van der Waals surface area contributed by atoms with Gasteiger partial charge in [0.25, 0.3) is 0 Å². The van der Waals surface area contributed by atoms with Crippen LogP contribution in [0.3, 0.4) is 0 Å². The average Bonchev–Trinajstić information content (AvgIpc) is 2.91. The molecular formula is C14H14N4O2S. The van der Waals surface area contributed by atoms with Crippen LogP contribution in [-0.4, -0.2) is 23.0 Å². The van der Waals surface area contributed by atoms with Gasteiger partial charge < -0.3 is 5.32 Å². The van der Waals surface area contributed by atoms with Crippen molar-refractivity contribution in [1.82, 2.24) is 15.7 Å². The van der Waals surface area contributed by atoms with E-state index in [1.165, 1.54) is 17.6 Å². The zero-order valence-corrected chi connectivity index (χ0v) is 12.2. The van der Waals surface area contributed by atoms with Gasteiger partial charge in [-0.3, -0.25) is 14.6 Å². The highest BCUT2D eigenvalue weighted by Crippen LogP contribution is 2.12. The Kier molecular flexibility index (Phi) is 5.16. The number of carbonyl (C=O) groups is 2. The summed E-state index contributed by atoms with van der Waals surface area (Å²) in [6.07, 6.45) is 4.78. The largest absolute Gasteiger partial charge is 0.344 e. The fourth-order valence-corrected chi connectivity index (χ4v) is 2.27. The highest BCUT2D eigenvalue weighted by Gasteiger charge is 2.11. The lowest BCUT2D eigenvalue weighted by Gasteiger charge is -2.03. The molecule has 0 aromatic carbocycles. The normalized spacial score (nSPS) is 10.5. The van der Waals surface area contributed by atoms with Crippen molar-refractivity contribution in [1.29, 1.82) is 0 Å². The lowest BCUT2D eigenvalue weighted by atomic mass is 10.3. The number of nitrogens with one attached hydrogen (secondary N) is 2. The van der Waals surface area contributed by atoms with Crippen LogP contribution in [0.5, 0.6) is 0 Å². The number of aromatic nitrogens is 1. The van der Waals surface area contributed by atoms with Gasteiger partial charge in [-0.05, 0) is 35.6 Å². The fraction of sp³-hybridized carbons (Fsp3) is 0.143. The molecule has 2 rings (SSSR count). The minimum absolute atomic E-state index is 0.244. The minimum Gasteiger partial charge on any atom is -0.344 e. The maximum absolute atomic E-state index is 11.6. The van der Waals surface area contributed by atoms with Gasteiger partial charge in [-0.25, -0.2) is 5.43 Å². The van der Waals surface area contributed by atoms with Crippen LogP contribution in [0, 0.1) is 6.92 Å². The zero-order chi connectivity index (χ0) is 15.1. The quantitative estimate of drug-likeness (QED) is 0.506. The maximum atomic E-state index is 11.6. The van der Waals surface area contributed by atoms with Crippen LogP contribution in [0.1, 0.15) is 16.0 Å². The van der Waals surface area contributed by atoms with E-state index in [1.54, 1.807) is 18.5 Å². The summed E-state index contributed by atoms with van der Waals surface area (Å²) in [6, 6.07) is 5.52. The smallest absolute Gasteiger partial charge is 0.329 e. The van der Waals surface area contributed by atoms with Gasteiger partial charge in [-0.2, -0.15) is 5.10 Å². The van der Waals surface area contributed by atoms with E-state index in [2.05, 4.69) is 20.8 Å². The Morgan fingerprint density at radius 2 is 2.24 bits per heavy atom. The van der Waals surface area contributed by atoms with Gasteiger partial charge in [0.1, 0.15) is 0 Å². The number of thiophene rings is 1. The first-order valence-electron chi connectivity index (χ1n) is 6.21. The molecule has 2 aromatic heterocycles. The summed E-state index contributed by atoms with van der Waals surface area (Å²) in [5, 5.41) is 8.18. The molecule has 0 saturated carbocycles. The molecule has 2 heterocycles. The van der Waals surface area contributed by atoms with Crippen molar-refractivity contribution in [3.05, 3.63) is 52.0 Å². The van der Waals surface area contributed by atoms with Crippen LogP contribution in [0.25, 0.3) is 0 Å². The van der Waals surface area contributed by atoms with E-state index in [0.717, 1.165) is 16.0 Å². The van der Waals surface area contributed by atoms with Gasteiger partial charge in [0.05, 0.1) is 6.21 Å². The highest BCUT2D eigenvalue weighted by molar-refractivity contribution is 7.11. The van der Waals surface area contributed by atoms with Crippen molar-refractivity contribution in [3.63, 3.8) is 0 Å². The second-order valence-corrected chi connectivity index (χ2v) is 5.16. The van der Waals surface area contributed by atoms with Gasteiger partial charge in [0, 0.05) is 23.8 Å². The highest BCUT2D eigenvalue weighted by atomic mass is 32.1. The molecule has 0 aliphatic rings. The molecule has 0 aliphatic carbocycles. The molecule has 6 nitrogen and oxygen atoms in total. The number of rotatable bonds is 4. The summed E-state index contributed by atoms with van der Waals surface area (Å²) in [5.41, 5.74) is 4.08. The Morgan fingerprint density at radius 1 is 1.38 bits per heavy atom. The molecular weight excluding hydrogens is 288 g/mol. The Bertz CT molecular complexity index is 652. The number of hydrogen-bond donors (Lipinski definition) is 2. The summed E-state index contributed by atoms with van der Waals surface area (Å²) in [4.78, 5) is 27.9. The lowest BCUT2D eigenvalue weighted by Crippen LogP contribution is -2.37. The molecule has 0 saturated heterocycles. The molecule has 0 fully saturated rings. The number of hydrazone groups is 1. The first kappa shape index (κ1) is 14.9. The number of hydrogen-bond acceptors (Lipinski definition) is 5. The van der Waals surface area contributed by atoms with E-state index in [-0.39, 0.29) is 6.54 Å². The van der Waals surface area contributed by atoms with E-state index in [4.69, 9.17) is 0 Å². The molecule has 0 bridgehead atoms. The third-order valence-corrected chi connectivity index (χ3v) is 3.59. The van der Waals surface area contributed by atoms with E-state index in [0.29, 0.717) is 0 Å². The molecule has 7 heteroatoms. The number of pyridine rings is 1. The molecule has 2 aromatic rings. The van der Waals surface area contributed by atoms with Crippen LogP contribution >= 0.6 is 11.3 Å². The average molecular weight is 302 g/mol. The van der Waals surface area contributed by atoms with Crippen molar-refractivity contribution in [2.75, 3.05) is 0 Å². The zero-order valence-electron chi connectivity index (χ0n) is 11.4. The SMILES string of the molecule is Cc1ccsc1C=NNC(=O)C(=O)NCc1cccnc1. The number of carbonyl (C=O) groups excluding carboxylic acids is 2. The van der Waals surface area contributed by atoms with Crippen molar-refractivity contribution in [3.8, 4) is 0 Å². The second kappa shape index (κ2) is 7.30. The Morgan fingerprint density at radius 3 is 2.90 bits per heavy atom. The van der Waals surface area contributed by atoms with Gasteiger partial charge in [-0.1, -0.05) is 6.07 Å². The maximum Gasteiger partial charge on any atom is 0.329 e. The van der Waals surface area contributed by atoms with Crippen molar-refractivity contribution in [2.45, 2.75) is 13.5 Å². The summed E-state index contributed by atoms with van der Waals surface area (Å²) < 4.78 is 0. The van der Waals surface area contributed by atoms with E-state index >= 15 is 0 Å². The molecule has 0 spiro atoms. The first-order valence-corrected chi connectivity index (χ1v) is 7.09. The first-order chi connectivity index (χ1) is 10.2. The lowest BCUT2D eigenvalue weighted by molar-refractivity contribution is -0.139. The van der Waals surface area contributed by atoms with Crippen LogP contribution in [0.2, 0.25) is 0 Å². The van der Waals surface area contributed by atoms with Crippen LogP contribution in [0.15, 0.2) is 41.1 Å². The predicted molar refractivity (Wildman–Crippen MR) is 80.9 cm³/mol. The molecule has 108 valence electrons. The number of nitrogens with zero attached hydrogens (tertiary/aromatic N) is 2. The number of aryl methyl sites for hydroxylation is 1. The predicted octanol–water partition coefficient (Wildman–Crippen LogP) is 1.22. The molecule has 0 aliphatic heterocycles. The van der Waals surface area contributed by atoms with Crippen LogP contribution in [0.4, 0.5) is 0 Å². The van der Waals surface area contributed by atoms with E-state index in [9.17, 15) is 9.59 Å². The van der Waals surface area contributed by atoms with E-state index < -0.39 is 11.8 Å². The molecule has 21 heavy (non-hydrogen) atoms. The Hall–Kier alpha value is -2.54. The minimum atomic E-state index is -0.802. The van der Waals surface area contributed by atoms with Gasteiger partial charge in [-0.15, -0.1) is 11.3 Å². The summed E-state index contributed by atoms with van der Waals surface area (Å²) >= 11 is 1.51. The number of amides is 2. The standard InChI is InChI=1S/C14H14N4O2S/c1-10-4-6-21-12(10)9-17-18-14(20)13(19)16-8-11-3-2-5-15-7-11/h2-7,9H,8H2,1H3,(H,16,19)(H,18,20). The van der Waals surface area contributed by atoms with Crippen molar-refractivity contribution < 1.29 is 9.59 Å². The third-order valence-electron chi connectivity index (χ3n) is 2.63. The summed E-state index contributed by atoms with van der Waals surface area (Å²) in [7, 11) is 0. The van der Waals surface area contributed by atoms with Crippen LogP contribution in [-0.2, 0) is 16.1 Å². The molecule has 0 unspecified atom stereocenters. The van der Waals surface area contributed by atoms with Gasteiger partial charge in [0.15, 0.2) is 0 Å². The Balaban J connectivity index is 1.79. The van der Waals surface area contributed by atoms with Crippen molar-refractivity contribution >= 4 is 29.4 Å². The van der Waals surface area contributed by atoms with E-state index in [1.807, 2.05) is 24.4 Å². The van der Waals surface area contributed by atoms with Gasteiger partial charge >= 0.3 is 11.8 Å². The summed E-state index contributed by atoms with van der Waals surface area (Å²) in [5.74, 6) is -1.54. The van der Waals surface area contributed by atoms with Crippen LogP contribution < -0.4 is 10.7 Å². The van der Waals surface area contributed by atoms with Crippen molar-refractivity contribution in [2.24, 2.45) is 5.10 Å². The molecule has 0 atom stereocenters. The van der Waals surface area contributed by atoms with Gasteiger partial charge in [0.2, 0.25) is 0 Å². The topological polar surface area (TPSA) is 83.5 Å². The molecule has 2 N–H and O–H groups in total. The third kappa shape index (κ3) is 4.50. The molecule has 0 radical (unpaired) electrons. The summed E-state index contributed by atoms with van der Waals surface area (Å²) in [6.45, 7) is 2.19. The second-order valence-electron chi connectivity index (χ2n) is 4.21.